The molecule has 0 N–H and O–H groups in total. The van der Waals surface area contributed by atoms with Crippen LogP contribution in [0.2, 0.25) is 0 Å². The minimum absolute atomic E-state index is 0.136. The van der Waals surface area contributed by atoms with Gasteiger partial charge in [0.1, 0.15) is 11.3 Å². The van der Waals surface area contributed by atoms with E-state index in [0.717, 1.165) is 53.6 Å². The Morgan fingerprint density at radius 3 is 2.88 bits per heavy atom. The molecule has 4 rings (SSSR count). The van der Waals surface area contributed by atoms with E-state index in [9.17, 15) is 4.79 Å². The van der Waals surface area contributed by atoms with E-state index in [1.807, 2.05) is 34.7 Å². The molecule has 25 heavy (non-hydrogen) atoms. The van der Waals surface area contributed by atoms with Crippen molar-refractivity contribution in [2.24, 2.45) is 0 Å². The number of furan rings is 1. The van der Waals surface area contributed by atoms with Crippen molar-refractivity contribution < 1.29 is 13.9 Å². The van der Waals surface area contributed by atoms with Crippen LogP contribution in [0.15, 0.2) is 40.5 Å². The van der Waals surface area contributed by atoms with E-state index in [1.54, 1.807) is 24.7 Å². The molecule has 1 saturated heterocycles. The van der Waals surface area contributed by atoms with E-state index >= 15 is 0 Å². The molecule has 130 valence electrons. The third kappa shape index (κ3) is 3.19. The molecule has 0 bridgehead atoms. The Hall–Kier alpha value is -2.54. The number of amides is 1. The molecule has 3 heterocycles. The molecule has 1 amide bonds. The zero-order chi connectivity index (χ0) is 17.2. The van der Waals surface area contributed by atoms with Gasteiger partial charge in [-0.25, -0.2) is 4.98 Å². The highest BCUT2D eigenvalue weighted by molar-refractivity contribution is 7.13. The van der Waals surface area contributed by atoms with Crippen LogP contribution in [0, 0.1) is 0 Å². The number of hydrogen-bond acceptors (Lipinski definition) is 6. The third-order valence-corrected chi connectivity index (χ3v) is 5.36. The van der Waals surface area contributed by atoms with Crippen molar-refractivity contribution >= 4 is 33.3 Å². The fraction of sp³-hybridized carbons (Fsp3) is 0.333. The second-order valence-corrected chi connectivity index (χ2v) is 6.86. The van der Waals surface area contributed by atoms with Crippen molar-refractivity contribution in [2.45, 2.75) is 6.42 Å². The molecule has 0 unspecified atom stereocenters. The molecule has 1 aliphatic rings. The molecule has 0 saturated carbocycles. The van der Waals surface area contributed by atoms with E-state index < -0.39 is 0 Å². The van der Waals surface area contributed by atoms with Crippen LogP contribution in [0.3, 0.4) is 0 Å². The molecule has 1 aliphatic heterocycles. The molecular formula is C18H19N3O3S. The number of anilines is 1. The Labute approximate surface area is 149 Å². The van der Waals surface area contributed by atoms with Crippen LogP contribution >= 0.6 is 11.3 Å². The molecule has 0 aliphatic carbocycles. The predicted octanol–water partition coefficient (Wildman–Crippen LogP) is 2.79. The van der Waals surface area contributed by atoms with Crippen molar-refractivity contribution in [3.05, 3.63) is 41.6 Å². The number of benzene rings is 1. The Kier molecular flexibility index (Phi) is 4.31. The first-order valence-electron chi connectivity index (χ1n) is 8.21. The highest BCUT2D eigenvalue weighted by Crippen LogP contribution is 2.26. The minimum Gasteiger partial charge on any atom is -0.497 e. The van der Waals surface area contributed by atoms with E-state index in [2.05, 4.69) is 9.88 Å². The van der Waals surface area contributed by atoms with Crippen LogP contribution in [0.25, 0.3) is 11.0 Å². The van der Waals surface area contributed by atoms with Gasteiger partial charge in [0, 0.05) is 54.8 Å². The summed E-state index contributed by atoms with van der Waals surface area (Å²) >= 11 is 1.64. The Morgan fingerprint density at radius 2 is 2.16 bits per heavy atom. The number of aromatic nitrogens is 1. The lowest BCUT2D eigenvalue weighted by atomic mass is 10.1. The lowest BCUT2D eigenvalue weighted by Gasteiger charge is -2.34. The summed E-state index contributed by atoms with van der Waals surface area (Å²) < 4.78 is 10.8. The van der Waals surface area contributed by atoms with E-state index in [4.69, 9.17) is 9.15 Å². The van der Waals surface area contributed by atoms with Gasteiger partial charge in [-0.05, 0) is 12.1 Å². The zero-order valence-electron chi connectivity index (χ0n) is 14.0. The number of piperazine rings is 1. The Balaban J connectivity index is 1.41. The topological polar surface area (TPSA) is 58.8 Å². The Bertz CT molecular complexity index is 867. The minimum atomic E-state index is 0.136. The largest absolute Gasteiger partial charge is 0.497 e. The van der Waals surface area contributed by atoms with Crippen molar-refractivity contribution in [3.63, 3.8) is 0 Å². The number of thiazole rings is 1. The van der Waals surface area contributed by atoms with Crippen LogP contribution in [0.5, 0.6) is 5.75 Å². The van der Waals surface area contributed by atoms with Gasteiger partial charge in [0.25, 0.3) is 0 Å². The third-order valence-electron chi connectivity index (χ3n) is 4.53. The second kappa shape index (κ2) is 6.76. The smallest absolute Gasteiger partial charge is 0.227 e. The summed E-state index contributed by atoms with van der Waals surface area (Å²) in [4.78, 5) is 21.1. The van der Waals surface area contributed by atoms with Crippen LogP contribution in [0.1, 0.15) is 5.56 Å². The monoisotopic (exact) mass is 357 g/mol. The lowest BCUT2D eigenvalue weighted by Crippen LogP contribution is -2.49. The maximum atomic E-state index is 12.7. The number of fused-ring (bicyclic) bond motifs is 1. The molecule has 1 aromatic carbocycles. The van der Waals surface area contributed by atoms with Gasteiger partial charge in [-0.2, -0.15) is 0 Å². The molecule has 3 aromatic rings. The summed E-state index contributed by atoms with van der Waals surface area (Å²) in [7, 11) is 1.62. The van der Waals surface area contributed by atoms with Gasteiger partial charge in [0.15, 0.2) is 5.13 Å². The number of ether oxygens (including phenoxy) is 1. The number of carbonyl (C=O) groups is 1. The summed E-state index contributed by atoms with van der Waals surface area (Å²) in [5.41, 5.74) is 1.67. The van der Waals surface area contributed by atoms with Gasteiger partial charge in [-0.15, -0.1) is 11.3 Å². The summed E-state index contributed by atoms with van der Waals surface area (Å²) in [6, 6.07) is 5.68. The first-order chi connectivity index (χ1) is 12.2. The number of hydrogen-bond donors (Lipinski definition) is 0. The van der Waals surface area contributed by atoms with Gasteiger partial charge >= 0.3 is 0 Å². The van der Waals surface area contributed by atoms with Gasteiger partial charge < -0.3 is 19.0 Å². The fourth-order valence-electron chi connectivity index (χ4n) is 3.12. The molecular weight excluding hydrogens is 338 g/mol. The maximum Gasteiger partial charge on any atom is 0.227 e. The highest BCUT2D eigenvalue weighted by atomic mass is 32.1. The van der Waals surface area contributed by atoms with Gasteiger partial charge in [-0.1, -0.05) is 0 Å². The van der Waals surface area contributed by atoms with Crippen molar-refractivity contribution in [1.29, 1.82) is 0 Å². The van der Waals surface area contributed by atoms with Crippen LogP contribution in [-0.4, -0.2) is 49.1 Å². The van der Waals surface area contributed by atoms with E-state index in [0.29, 0.717) is 6.42 Å². The quantitative estimate of drug-likeness (QED) is 0.719. The molecule has 6 nitrogen and oxygen atoms in total. The van der Waals surface area contributed by atoms with E-state index in [1.165, 1.54) is 0 Å². The van der Waals surface area contributed by atoms with Crippen LogP contribution in [0.4, 0.5) is 5.13 Å². The summed E-state index contributed by atoms with van der Waals surface area (Å²) in [6.07, 6.45) is 3.85. The highest BCUT2D eigenvalue weighted by Gasteiger charge is 2.23. The predicted molar refractivity (Wildman–Crippen MR) is 97.4 cm³/mol. The van der Waals surface area contributed by atoms with Crippen LogP contribution in [-0.2, 0) is 11.2 Å². The number of rotatable bonds is 4. The number of carbonyl (C=O) groups excluding carboxylic acids is 1. The number of methoxy groups -OCH3 is 1. The molecule has 1 fully saturated rings. The molecule has 0 spiro atoms. The van der Waals surface area contributed by atoms with Crippen LogP contribution < -0.4 is 9.64 Å². The van der Waals surface area contributed by atoms with E-state index in [-0.39, 0.29) is 5.91 Å². The normalized spacial score (nSPS) is 14.9. The molecule has 0 radical (unpaired) electrons. The van der Waals surface area contributed by atoms with Gasteiger partial charge in [0.2, 0.25) is 5.91 Å². The molecule has 7 heteroatoms. The standard InChI is InChI=1S/C18H19N3O3S/c1-23-14-2-3-15-13(12-24-16(15)11-14)10-17(22)20-5-7-21(8-6-20)18-19-4-9-25-18/h2-4,9,11-12H,5-8,10H2,1H3. The Morgan fingerprint density at radius 1 is 1.32 bits per heavy atom. The molecule has 0 atom stereocenters. The number of nitrogens with zero attached hydrogens (tertiary/aromatic N) is 3. The zero-order valence-corrected chi connectivity index (χ0v) is 14.8. The second-order valence-electron chi connectivity index (χ2n) is 5.98. The average Bonchev–Trinajstić information content (AvgIpc) is 3.32. The lowest BCUT2D eigenvalue weighted by molar-refractivity contribution is -0.130. The first kappa shape index (κ1) is 16.0. The SMILES string of the molecule is COc1ccc2c(CC(=O)N3CCN(c4nccs4)CC3)coc2c1. The average molecular weight is 357 g/mol. The summed E-state index contributed by atoms with van der Waals surface area (Å²) in [5, 5.41) is 3.98. The van der Waals surface area contributed by atoms with Gasteiger partial charge in [0.05, 0.1) is 19.8 Å². The van der Waals surface area contributed by atoms with Crippen molar-refractivity contribution in [2.75, 3.05) is 38.2 Å². The fourth-order valence-corrected chi connectivity index (χ4v) is 3.82. The molecule has 2 aromatic heterocycles. The van der Waals surface area contributed by atoms with Crippen molar-refractivity contribution in [1.82, 2.24) is 9.88 Å². The van der Waals surface area contributed by atoms with Gasteiger partial charge in [-0.3, -0.25) is 4.79 Å². The first-order valence-corrected chi connectivity index (χ1v) is 9.09. The van der Waals surface area contributed by atoms with Crippen molar-refractivity contribution in [3.8, 4) is 5.75 Å². The summed E-state index contributed by atoms with van der Waals surface area (Å²) in [5.74, 6) is 0.885. The maximum absolute atomic E-state index is 12.7. The summed E-state index contributed by atoms with van der Waals surface area (Å²) in [6.45, 7) is 3.09.